The largest absolute Gasteiger partial charge is 0.360 e. The maximum Gasteiger partial charge on any atom is 0.121 e. The molecule has 0 aliphatic carbocycles. The van der Waals surface area contributed by atoms with E-state index >= 15 is 0 Å². The fraction of sp³-hybridized carbons (Fsp3) is 1.00. The van der Waals surface area contributed by atoms with E-state index in [0.29, 0.717) is 12.1 Å². The van der Waals surface area contributed by atoms with Gasteiger partial charge in [0.25, 0.3) is 0 Å². The highest BCUT2D eigenvalue weighted by Crippen LogP contribution is 2.19. The van der Waals surface area contributed by atoms with Gasteiger partial charge in [-0.1, -0.05) is 0 Å². The number of nitrogens with two attached hydrogens (primary N) is 1. The van der Waals surface area contributed by atoms with Gasteiger partial charge < -0.3 is 15.8 Å². The van der Waals surface area contributed by atoms with Crippen molar-refractivity contribution in [1.29, 1.82) is 0 Å². The topological polar surface area (TPSA) is 47.3 Å². The van der Waals surface area contributed by atoms with Crippen molar-refractivity contribution >= 4 is 0 Å². The molecular weight excluding hydrogens is 116 g/mol. The van der Waals surface area contributed by atoms with Gasteiger partial charge >= 0.3 is 0 Å². The minimum absolute atomic E-state index is 0.0521. The molecule has 2 bridgehead atoms. The first-order valence-corrected chi connectivity index (χ1v) is 3.49. The van der Waals surface area contributed by atoms with Crippen molar-refractivity contribution in [2.24, 2.45) is 5.73 Å². The summed E-state index contributed by atoms with van der Waals surface area (Å²) >= 11 is 0. The molecule has 0 spiro atoms. The van der Waals surface area contributed by atoms with E-state index in [-0.39, 0.29) is 6.23 Å². The highest BCUT2D eigenvalue weighted by atomic mass is 16.5. The second-order valence-corrected chi connectivity index (χ2v) is 2.85. The Morgan fingerprint density at radius 1 is 1.44 bits per heavy atom. The Balaban J connectivity index is 2.05. The summed E-state index contributed by atoms with van der Waals surface area (Å²) < 4.78 is 5.28. The van der Waals surface area contributed by atoms with E-state index in [9.17, 15) is 0 Å². The number of ether oxygens (including phenoxy) is 1. The summed E-state index contributed by atoms with van der Waals surface area (Å²) in [5, 5.41) is 3.39. The molecule has 2 heterocycles. The van der Waals surface area contributed by atoms with Crippen molar-refractivity contribution in [1.82, 2.24) is 5.32 Å². The van der Waals surface area contributed by atoms with E-state index in [1.807, 2.05) is 0 Å². The maximum atomic E-state index is 5.63. The van der Waals surface area contributed by atoms with E-state index in [2.05, 4.69) is 5.32 Å². The Morgan fingerprint density at radius 3 is 3.11 bits per heavy atom. The van der Waals surface area contributed by atoms with Crippen LogP contribution in [0.5, 0.6) is 0 Å². The molecule has 2 rings (SSSR count). The fourth-order valence-corrected chi connectivity index (χ4v) is 1.58. The van der Waals surface area contributed by atoms with Gasteiger partial charge in [-0.25, -0.2) is 0 Å². The lowest BCUT2D eigenvalue weighted by Gasteiger charge is -2.27. The van der Waals surface area contributed by atoms with E-state index in [4.69, 9.17) is 10.5 Å². The minimum Gasteiger partial charge on any atom is -0.360 e. The third kappa shape index (κ3) is 0.852. The molecule has 3 N–H and O–H groups in total. The summed E-state index contributed by atoms with van der Waals surface area (Å²) in [6, 6.07) is 1.03. The van der Waals surface area contributed by atoms with Gasteiger partial charge in [-0.3, -0.25) is 0 Å². The molecule has 3 atom stereocenters. The number of fused-ring (bicyclic) bond motifs is 2. The highest BCUT2D eigenvalue weighted by Gasteiger charge is 2.33. The molecule has 52 valence electrons. The van der Waals surface area contributed by atoms with Crippen LogP contribution in [0.3, 0.4) is 0 Å². The van der Waals surface area contributed by atoms with E-state index in [1.165, 1.54) is 12.8 Å². The van der Waals surface area contributed by atoms with Gasteiger partial charge in [-0.15, -0.1) is 0 Å². The first-order chi connectivity index (χ1) is 4.36. The van der Waals surface area contributed by atoms with Crippen LogP contribution in [0.4, 0.5) is 0 Å². The van der Waals surface area contributed by atoms with E-state index in [0.717, 1.165) is 6.61 Å². The number of hydrogen-bond donors (Lipinski definition) is 2. The first kappa shape index (κ1) is 5.65. The Bertz CT molecular complexity index is 118. The first-order valence-electron chi connectivity index (χ1n) is 3.49. The average molecular weight is 128 g/mol. The number of rotatable bonds is 0. The standard InChI is InChI=1S/C6H12N2O/c7-6-5-2-1-4(8-5)3-9-6/h4-6,8H,1-3,7H2. The van der Waals surface area contributed by atoms with Crippen molar-refractivity contribution in [2.75, 3.05) is 6.61 Å². The van der Waals surface area contributed by atoms with E-state index in [1.54, 1.807) is 0 Å². The minimum atomic E-state index is -0.0521. The van der Waals surface area contributed by atoms with Crippen LogP contribution >= 0.6 is 0 Å². The quantitative estimate of drug-likeness (QED) is 0.459. The molecule has 2 fully saturated rings. The van der Waals surface area contributed by atoms with Crippen molar-refractivity contribution in [3.8, 4) is 0 Å². The second-order valence-electron chi connectivity index (χ2n) is 2.85. The van der Waals surface area contributed by atoms with Gasteiger partial charge in [0.2, 0.25) is 0 Å². The fourth-order valence-electron chi connectivity index (χ4n) is 1.58. The molecular formula is C6H12N2O. The zero-order chi connectivity index (χ0) is 6.27. The lowest BCUT2D eigenvalue weighted by molar-refractivity contribution is -0.000336. The maximum absolute atomic E-state index is 5.63. The molecule has 0 amide bonds. The van der Waals surface area contributed by atoms with Crippen LogP contribution < -0.4 is 11.1 Å². The lowest BCUT2D eigenvalue weighted by Crippen LogP contribution is -2.51. The summed E-state index contributed by atoms with van der Waals surface area (Å²) in [6.07, 6.45) is 2.37. The normalized spacial score (nSPS) is 49.7. The molecule has 0 aromatic rings. The molecule has 2 aliphatic heterocycles. The molecule has 0 radical (unpaired) electrons. The molecule has 2 aliphatic rings. The van der Waals surface area contributed by atoms with Crippen LogP contribution in [0.2, 0.25) is 0 Å². The zero-order valence-corrected chi connectivity index (χ0v) is 5.34. The van der Waals surface area contributed by atoms with Gasteiger partial charge in [0.1, 0.15) is 6.23 Å². The monoisotopic (exact) mass is 128 g/mol. The van der Waals surface area contributed by atoms with E-state index < -0.39 is 0 Å². The Labute approximate surface area is 54.6 Å². The Morgan fingerprint density at radius 2 is 2.33 bits per heavy atom. The molecule has 9 heavy (non-hydrogen) atoms. The molecule has 2 saturated heterocycles. The molecule has 3 nitrogen and oxygen atoms in total. The summed E-state index contributed by atoms with van der Waals surface area (Å²) in [5.41, 5.74) is 5.63. The van der Waals surface area contributed by atoms with Crippen LogP contribution in [0, 0.1) is 0 Å². The summed E-state index contributed by atoms with van der Waals surface area (Å²) in [7, 11) is 0. The smallest absolute Gasteiger partial charge is 0.121 e. The summed E-state index contributed by atoms with van der Waals surface area (Å²) in [6.45, 7) is 0.803. The molecule has 3 heteroatoms. The Hall–Kier alpha value is -0.120. The lowest BCUT2D eigenvalue weighted by atomic mass is 10.2. The third-order valence-corrected chi connectivity index (χ3v) is 2.16. The summed E-state index contributed by atoms with van der Waals surface area (Å²) in [4.78, 5) is 0. The van der Waals surface area contributed by atoms with Crippen molar-refractivity contribution in [3.05, 3.63) is 0 Å². The molecule has 3 unspecified atom stereocenters. The predicted octanol–water partition coefficient (Wildman–Crippen LogP) is -0.578. The molecule has 0 saturated carbocycles. The van der Waals surface area contributed by atoms with Crippen molar-refractivity contribution < 1.29 is 4.74 Å². The van der Waals surface area contributed by atoms with Gasteiger partial charge in [0.15, 0.2) is 0 Å². The van der Waals surface area contributed by atoms with Crippen LogP contribution in [-0.4, -0.2) is 24.9 Å². The van der Waals surface area contributed by atoms with Crippen LogP contribution in [0.25, 0.3) is 0 Å². The Kier molecular flexibility index (Phi) is 1.22. The second kappa shape index (κ2) is 1.94. The average Bonchev–Trinajstić information content (AvgIpc) is 2.25. The van der Waals surface area contributed by atoms with Gasteiger partial charge in [0.05, 0.1) is 6.61 Å². The zero-order valence-electron chi connectivity index (χ0n) is 5.34. The predicted molar refractivity (Wildman–Crippen MR) is 33.9 cm³/mol. The van der Waals surface area contributed by atoms with Crippen molar-refractivity contribution in [2.45, 2.75) is 31.2 Å². The number of morpholine rings is 1. The van der Waals surface area contributed by atoms with Gasteiger partial charge in [-0.05, 0) is 12.8 Å². The van der Waals surface area contributed by atoms with Crippen LogP contribution in [0.15, 0.2) is 0 Å². The van der Waals surface area contributed by atoms with Gasteiger partial charge in [-0.2, -0.15) is 0 Å². The number of nitrogens with one attached hydrogen (secondary N) is 1. The third-order valence-electron chi connectivity index (χ3n) is 2.16. The highest BCUT2D eigenvalue weighted by molar-refractivity contribution is 4.90. The number of hydrogen-bond acceptors (Lipinski definition) is 3. The molecule has 0 aromatic carbocycles. The van der Waals surface area contributed by atoms with Crippen molar-refractivity contribution in [3.63, 3.8) is 0 Å². The van der Waals surface area contributed by atoms with Crippen LogP contribution in [0.1, 0.15) is 12.8 Å². The van der Waals surface area contributed by atoms with Gasteiger partial charge in [0, 0.05) is 12.1 Å². The summed E-state index contributed by atoms with van der Waals surface area (Å²) in [5.74, 6) is 0. The SMILES string of the molecule is NC1OCC2CCC1N2. The molecule has 0 aromatic heterocycles. The van der Waals surface area contributed by atoms with Crippen LogP contribution in [-0.2, 0) is 4.74 Å².